The molecule has 0 spiro atoms. The molecule has 0 amide bonds. The maximum Gasteiger partial charge on any atom is 0.230 e. The van der Waals surface area contributed by atoms with Gasteiger partial charge in [-0.2, -0.15) is 0 Å². The van der Waals surface area contributed by atoms with E-state index in [1.54, 1.807) is 6.92 Å². The van der Waals surface area contributed by atoms with Crippen LogP contribution in [0, 0.1) is 6.92 Å². The largest absolute Gasteiger partial charge is 0.424 e. The normalized spacial score (nSPS) is 12.4. The third-order valence-electron chi connectivity index (χ3n) is 2.36. The van der Waals surface area contributed by atoms with Gasteiger partial charge in [0.05, 0.1) is 13.2 Å². The Bertz CT molecular complexity index is 296. The number of hydrogen-bond acceptors (Lipinski definition) is 5. The minimum absolute atomic E-state index is 0.0939. The number of hydrogen-bond donors (Lipinski definition) is 1. The van der Waals surface area contributed by atoms with E-state index in [4.69, 9.17) is 9.52 Å². The molecule has 0 aliphatic carbocycles. The summed E-state index contributed by atoms with van der Waals surface area (Å²) < 4.78 is 5.25. The SMILES string of the molecule is Cc1nnc(CN(C)C(C)(C)CO)o1. The van der Waals surface area contributed by atoms with Gasteiger partial charge in [0.2, 0.25) is 11.8 Å². The van der Waals surface area contributed by atoms with Crippen LogP contribution >= 0.6 is 0 Å². The summed E-state index contributed by atoms with van der Waals surface area (Å²) in [6, 6.07) is 0. The third-order valence-corrected chi connectivity index (χ3v) is 2.36. The number of rotatable bonds is 4. The zero-order valence-corrected chi connectivity index (χ0v) is 9.11. The molecule has 80 valence electrons. The van der Waals surface area contributed by atoms with Crippen LogP contribution in [0.3, 0.4) is 0 Å². The van der Waals surface area contributed by atoms with Crippen LogP contribution in [0.1, 0.15) is 25.6 Å². The van der Waals surface area contributed by atoms with Gasteiger partial charge in [-0.1, -0.05) is 0 Å². The fourth-order valence-electron chi connectivity index (χ4n) is 0.939. The minimum atomic E-state index is -0.275. The Morgan fingerprint density at radius 1 is 1.43 bits per heavy atom. The standard InChI is InChI=1S/C9H17N3O2/c1-7-10-11-8(14-7)5-12(4)9(2,3)6-13/h13H,5-6H2,1-4H3. The van der Waals surface area contributed by atoms with Crippen molar-refractivity contribution in [1.29, 1.82) is 0 Å². The Kier molecular flexibility index (Phi) is 3.23. The lowest BCUT2D eigenvalue weighted by molar-refractivity contribution is 0.0666. The summed E-state index contributed by atoms with van der Waals surface area (Å²) in [5.41, 5.74) is -0.275. The van der Waals surface area contributed by atoms with Crippen molar-refractivity contribution in [2.75, 3.05) is 13.7 Å². The van der Waals surface area contributed by atoms with Crippen molar-refractivity contribution in [2.45, 2.75) is 32.9 Å². The van der Waals surface area contributed by atoms with Crippen molar-refractivity contribution in [3.05, 3.63) is 11.8 Å². The summed E-state index contributed by atoms with van der Waals surface area (Å²) in [7, 11) is 1.91. The van der Waals surface area contributed by atoms with Crippen molar-refractivity contribution in [3.8, 4) is 0 Å². The van der Waals surface area contributed by atoms with Crippen LogP contribution in [0.4, 0.5) is 0 Å². The van der Waals surface area contributed by atoms with E-state index in [2.05, 4.69) is 10.2 Å². The van der Waals surface area contributed by atoms with E-state index in [0.717, 1.165) is 0 Å². The first kappa shape index (κ1) is 11.1. The molecule has 0 atom stereocenters. The van der Waals surface area contributed by atoms with E-state index in [-0.39, 0.29) is 12.1 Å². The molecular weight excluding hydrogens is 182 g/mol. The predicted molar refractivity (Wildman–Crippen MR) is 51.7 cm³/mol. The van der Waals surface area contributed by atoms with Crippen LogP contribution in [0.25, 0.3) is 0 Å². The summed E-state index contributed by atoms with van der Waals surface area (Å²) in [4.78, 5) is 1.97. The van der Waals surface area contributed by atoms with Gasteiger partial charge in [-0.15, -0.1) is 10.2 Å². The van der Waals surface area contributed by atoms with E-state index in [9.17, 15) is 0 Å². The van der Waals surface area contributed by atoms with Crippen molar-refractivity contribution in [2.24, 2.45) is 0 Å². The van der Waals surface area contributed by atoms with Crippen LogP contribution in [0.5, 0.6) is 0 Å². The van der Waals surface area contributed by atoms with Crippen LogP contribution < -0.4 is 0 Å². The molecule has 0 aliphatic rings. The van der Waals surface area contributed by atoms with Crippen LogP contribution in [0.15, 0.2) is 4.42 Å². The van der Waals surface area contributed by atoms with E-state index in [1.165, 1.54) is 0 Å². The molecule has 0 aliphatic heterocycles. The van der Waals surface area contributed by atoms with Gasteiger partial charge in [0.25, 0.3) is 0 Å². The van der Waals surface area contributed by atoms with E-state index < -0.39 is 0 Å². The molecule has 0 aromatic carbocycles. The predicted octanol–water partition coefficient (Wildman–Crippen LogP) is 0.581. The van der Waals surface area contributed by atoms with Gasteiger partial charge in [-0.05, 0) is 20.9 Å². The molecule has 5 nitrogen and oxygen atoms in total. The number of aryl methyl sites for hydroxylation is 1. The molecule has 0 fully saturated rings. The van der Waals surface area contributed by atoms with Crippen LogP contribution in [-0.4, -0.2) is 39.4 Å². The first-order valence-electron chi connectivity index (χ1n) is 4.57. The van der Waals surface area contributed by atoms with E-state index >= 15 is 0 Å². The second kappa shape index (κ2) is 4.06. The fourth-order valence-corrected chi connectivity index (χ4v) is 0.939. The molecule has 0 unspecified atom stereocenters. The quantitative estimate of drug-likeness (QED) is 0.768. The van der Waals surface area contributed by atoms with Crippen LogP contribution in [0.2, 0.25) is 0 Å². The zero-order valence-electron chi connectivity index (χ0n) is 9.11. The highest BCUT2D eigenvalue weighted by molar-refractivity contribution is 4.84. The Labute approximate surface area is 83.7 Å². The zero-order chi connectivity index (χ0) is 10.8. The summed E-state index contributed by atoms with van der Waals surface area (Å²) in [6.45, 7) is 6.31. The van der Waals surface area contributed by atoms with Gasteiger partial charge in [0, 0.05) is 12.5 Å². The Morgan fingerprint density at radius 3 is 2.50 bits per heavy atom. The molecular formula is C9H17N3O2. The number of aromatic nitrogens is 2. The highest BCUT2D eigenvalue weighted by atomic mass is 16.4. The Hall–Kier alpha value is -0.940. The molecule has 1 rings (SSSR count). The summed E-state index contributed by atoms with van der Waals surface area (Å²) in [5.74, 6) is 1.14. The van der Waals surface area contributed by atoms with E-state index in [1.807, 2.05) is 25.8 Å². The lowest BCUT2D eigenvalue weighted by atomic mass is 10.1. The monoisotopic (exact) mass is 199 g/mol. The smallest absolute Gasteiger partial charge is 0.230 e. The van der Waals surface area contributed by atoms with Crippen molar-refractivity contribution in [3.63, 3.8) is 0 Å². The molecule has 0 saturated carbocycles. The molecule has 0 radical (unpaired) electrons. The molecule has 0 saturated heterocycles. The number of nitrogens with zero attached hydrogens (tertiary/aromatic N) is 3. The first-order valence-corrected chi connectivity index (χ1v) is 4.57. The first-order chi connectivity index (χ1) is 6.45. The van der Waals surface area contributed by atoms with Gasteiger partial charge in [-0.3, -0.25) is 4.90 Å². The summed E-state index contributed by atoms with van der Waals surface area (Å²) >= 11 is 0. The summed E-state index contributed by atoms with van der Waals surface area (Å²) in [5, 5.41) is 16.8. The highest BCUT2D eigenvalue weighted by Crippen LogP contribution is 2.14. The molecule has 1 aromatic heterocycles. The van der Waals surface area contributed by atoms with Crippen LogP contribution in [-0.2, 0) is 6.54 Å². The average Bonchev–Trinajstić information content (AvgIpc) is 2.51. The summed E-state index contributed by atoms with van der Waals surface area (Å²) in [6.07, 6.45) is 0. The molecule has 14 heavy (non-hydrogen) atoms. The van der Waals surface area contributed by atoms with Gasteiger partial charge in [0.1, 0.15) is 0 Å². The number of likely N-dealkylation sites (N-methyl/N-ethyl adjacent to an activating group) is 1. The second-order valence-corrected chi connectivity index (χ2v) is 4.04. The minimum Gasteiger partial charge on any atom is -0.424 e. The number of aliphatic hydroxyl groups excluding tert-OH is 1. The molecule has 0 bridgehead atoms. The average molecular weight is 199 g/mol. The van der Waals surface area contributed by atoms with Gasteiger partial charge >= 0.3 is 0 Å². The maximum absolute atomic E-state index is 9.14. The fraction of sp³-hybridized carbons (Fsp3) is 0.778. The Morgan fingerprint density at radius 2 is 2.07 bits per heavy atom. The number of aliphatic hydroxyl groups is 1. The third kappa shape index (κ3) is 2.52. The molecule has 5 heteroatoms. The lowest BCUT2D eigenvalue weighted by Gasteiger charge is -2.32. The second-order valence-electron chi connectivity index (χ2n) is 4.04. The van der Waals surface area contributed by atoms with Gasteiger partial charge < -0.3 is 9.52 Å². The molecule has 1 aromatic rings. The topological polar surface area (TPSA) is 62.4 Å². The van der Waals surface area contributed by atoms with Gasteiger partial charge in [0.15, 0.2) is 0 Å². The Balaban J connectivity index is 2.61. The van der Waals surface area contributed by atoms with Gasteiger partial charge in [-0.25, -0.2) is 0 Å². The maximum atomic E-state index is 9.14. The van der Waals surface area contributed by atoms with E-state index in [0.29, 0.717) is 18.3 Å². The molecule has 1 N–H and O–H groups in total. The van der Waals surface area contributed by atoms with Crippen molar-refractivity contribution >= 4 is 0 Å². The highest BCUT2D eigenvalue weighted by Gasteiger charge is 2.23. The molecule has 1 heterocycles. The van der Waals surface area contributed by atoms with Crippen molar-refractivity contribution < 1.29 is 9.52 Å². The van der Waals surface area contributed by atoms with Crippen molar-refractivity contribution in [1.82, 2.24) is 15.1 Å². The lowest BCUT2D eigenvalue weighted by Crippen LogP contribution is -2.43.